The van der Waals surface area contributed by atoms with Gasteiger partial charge in [0.05, 0.1) is 0 Å². The van der Waals surface area contributed by atoms with Crippen LogP contribution in [0, 0.1) is 0 Å². The molecular formula is C18H37Na. The Morgan fingerprint density at radius 2 is 0.789 bits per heavy atom. The molecule has 0 radical (unpaired) electrons. The average Bonchev–Trinajstić information content (AvgIpc) is 2.39. The monoisotopic (exact) mass is 276 g/mol. The molecule has 0 rings (SSSR count). The van der Waals surface area contributed by atoms with Gasteiger partial charge < -0.3 is 0 Å². The van der Waals surface area contributed by atoms with Crippen LogP contribution in [0.15, 0.2) is 12.2 Å². The fourth-order valence-corrected chi connectivity index (χ4v) is 2.32. The number of hydrogen-bond donors (Lipinski definition) is 0. The Kier molecular flexibility index (Phi) is 24.4. The van der Waals surface area contributed by atoms with Crippen LogP contribution in [0.4, 0.5) is 0 Å². The van der Waals surface area contributed by atoms with Gasteiger partial charge in [-0.2, -0.15) is 0 Å². The van der Waals surface area contributed by atoms with Crippen LogP contribution in [0.5, 0.6) is 0 Å². The predicted octanol–water partition coefficient (Wildman–Crippen LogP) is 6.40. The van der Waals surface area contributed by atoms with Crippen LogP contribution >= 0.6 is 0 Å². The zero-order chi connectivity index (χ0) is 13.3. The molecule has 0 heterocycles. The quantitative estimate of drug-likeness (QED) is 0.196. The van der Waals surface area contributed by atoms with E-state index in [-0.39, 0.29) is 29.6 Å². The zero-order valence-electron chi connectivity index (χ0n) is 13.1. The predicted molar refractivity (Wildman–Crippen MR) is 92.3 cm³/mol. The molecule has 0 spiro atoms. The fraction of sp³-hybridized carbons (Fsp3) is 0.889. The van der Waals surface area contributed by atoms with Crippen molar-refractivity contribution in [1.29, 1.82) is 0 Å². The van der Waals surface area contributed by atoms with Crippen molar-refractivity contribution in [1.82, 2.24) is 0 Å². The van der Waals surface area contributed by atoms with E-state index < -0.39 is 0 Å². The molecule has 0 aliphatic carbocycles. The third-order valence-electron chi connectivity index (χ3n) is 3.62. The summed E-state index contributed by atoms with van der Waals surface area (Å²) in [6.45, 7) is 4.57. The van der Waals surface area contributed by atoms with E-state index in [2.05, 4.69) is 26.0 Å². The van der Waals surface area contributed by atoms with Crippen LogP contribution in [-0.2, 0) is 0 Å². The Morgan fingerprint density at radius 3 is 1.16 bits per heavy atom. The number of allylic oxidation sites excluding steroid dienone is 2. The molecule has 110 valence electrons. The van der Waals surface area contributed by atoms with E-state index >= 15 is 0 Å². The molecule has 0 aliphatic heterocycles. The van der Waals surface area contributed by atoms with Crippen LogP contribution in [-0.4, -0.2) is 29.6 Å². The van der Waals surface area contributed by atoms with Gasteiger partial charge in [-0.15, -0.1) is 0 Å². The van der Waals surface area contributed by atoms with E-state index in [0.29, 0.717) is 0 Å². The Labute approximate surface area is 145 Å². The van der Waals surface area contributed by atoms with Gasteiger partial charge >= 0.3 is 29.6 Å². The summed E-state index contributed by atoms with van der Waals surface area (Å²) in [5.41, 5.74) is 0. The molecule has 19 heavy (non-hydrogen) atoms. The van der Waals surface area contributed by atoms with Gasteiger partial charge in [0.1, 0.15) is 0 Å². The summed E-state index contributed by atoms with van der Waals surface area (Å²) in [6, 6.07) is 0. The first-order chi connectivity index (χ1) is 8.91. The van der Waals surface area contributed by atoms with Gasteiger partial charge in [-0.3, -0.25) is 0 Å². The minimum absolute atomic E-state index is 0. The average molecular weight is 276 g/mol. The first kappa shape index (κ1) is 22.0. The van der Waals surface area contributed by atoms with Crippen molar-refractivity contribution in [3.05, 3.63) is 12.2 Å². The minimum atomic E-state index is 0. The fourth-order valence-electron chi connectivity index (χ4n) is 2.32. The van der Waals surface area contributed by atoms with Crippen molar-refractivity contribution in [3.8, 4) is 0 Å². The van der Waals surface area contributed by atoms with Crippen LogP contribution in [0.1, 0.15) is 104 Å². The Bertz CT molecular complexity index is 145. The standard InChI is InChI=1S/C18H36.Na.H/c1-3-5-7-9-11-13-15-17-18-16-14-12-10-8-6-4-2;;/h17-18H,3-16H2,1-2H3;;/b18-17-;;. The molecule has 0 saturated carbocycles. The van der Waals surface area contributed by atoms with Gasteiger partial charge in [0.2, 0.25) is 0 Å². The molecule has 0 N–H and O–H groups in total. The first-order valence-electron chi connectivity index (χ1n) is 8.56. The summed E-state index contributed by atoms with van der Waals surface area (Å²) in [4.78, 5) is 0. The number of hydrogen-bond acceptors (Lipinski definition) is 0. The van der Waals surface area contributed by atoms with E-state index in [1.807, 2.05) is 0 Å². The molecule has 1 heteroatoms. The van der Waals surface area contributed by atoms with E-state index in [1.165, 1.54) is 89.9 Å². The van der Waals surface area contributed by atoms with Gasteiger partial charge in [-0.1, -0.05) is 90.2 Å². The Balaban J connectivity index is 0. The van der Waals surface area contributed by atoms with Crippen molar-refractivity contribution in [2.24, 2.45) is 0 Å². The molecule has 0 aromatic carbocycles. The molecule has 0 bridgehead atoms. The van der Waals surface area contributed by atoms with Crippen LogP contribution in [0.3, 0.4) is 0 Å². The van der Waals surface area contributed by atoms with Gasteiger partial charge in [0.15, 0.2) is 0 Å². The van der Waals surface area contributed by atoms with E-state index in [4.69, 9.17) is 0 Å². The third kappa shape index (κ3) is 21.2. The van der Waals surface area contributed by atoms with Crippen LogP contribution in [0.25, 0.3) is 0 Å². The molecule has 0 saturated heterocycles. The molecule has 0 aromatic heterocycles. The van der Waals surface area contributed by atoms with E-state index in [9.17, 15) is 0 Å². The summed E-state index contributed by atoms with van der Waals surface area (Å²) in [7, 11) is 0. The Hall–Kier alpha value is 0.740. The molecule has 0 nitrogen and oxygen atoms in total. The van der Waals surface area contributed by atoms with E-state index in [1.54, 1.807) is 0 Å². The first-order valence-corrected chi connectivity index (χ1v) is 8.56. The van der Waals surface area contributed by atoms with Crippen molar-refractivity contribution < 1.29 is 0 Å². The third-order valence-corrected chi connectivity index (χ3v) is 3.62. The molecule has 0 amide bonds. The summed E-state index contributed by atoms with van der Waals surface area (Å²) >= 11 is 0. The van der Waals surface area contributed by atoms with Crippen molar-refractivity contribution in [2.45, 2.75) is 104 Å². The molecule has 0 aliphatic rings. The van der Waals surface area contributed by atoms with Crippen LogP contribution < -0.4 is 0 Å². The van der Waals surface area contributed by atoms with Gasteiger partial charge in [-0.25, -0.2) is 0 Å². The topological polar surface area (TPSA) is 0 Å². The van der Waals surface area contributed by atoms with Crippen molar-refractivity contribution >= 4 is 29.6 Å². The summed E-state index contributed by atoms with van der Waals surface area (Å²) in [5.74, 6) is 0. The van der Waals surface area contributed by atoms with Crippen LogP contribution in [0.2, 0.25) is 0 Å². The molecular weight excluding hydrogens is 239 g/mol. The van der Waals surface area contributed by atoms with Gasteiger partial charge in [-0.05, 0) is 25.7 Å². The number of rotatable bonds is 14. The molecule has 0 atom stereocenters. The molecule has 0 unspecified atom stereocenters. The summed E-state index contributed by atoms with van der Waals surface area (Å²) < 4.78 is 0. The SMILES string of the molecule is CCCCCCCC/C=C\CCCCCCCC.[NaH]. The van der Waals surface area contributed by atoms with E-state index in [0.717, 1.165) is 0 Å². The summed E-state index contributed by atoms with van der Waals surface area (Å²) in [6.07, 6.45) is 24.4. The maximum absolute atomic E-state index is 2.41. The second-order valence-electron chi connectivity index (χ2n) is 5.58. The summed E-state index contributed by atoms with van der Waals surface area (Å²) in [5, 5.41) is 0. The molecule has 0 fully saturated rings. The van der Waals surface area contributed by atoms with Gasteiger partial charge in [0, 0.05) is 0 Å². The maximum atomic E-state index is 2.41. The van der Waals surface area contributed by atoms with Gasteiger partial charge in [0.25, 0.3) is 0 Å². The zero-order valence-corrected chi connectivity index (χ0v) is 13.1. The second-order valence-corrected chi connectivity index (χ2v) is 5.58. The molecule has 0 aromatic rings. The van der Waals surface area contributed by atoms with Crippen molar-refractivity contribution in [3.63, 3.8) is 0 Å². The number of unbranched alkanes of at least 4 members (excludes halogenated alkanes) is 12. The normalized spacial score (nSPS) is 10.8. The second kappa shape index (κ2) is 21.0. The Morgan fingerprint density at radius 1 is 0.474 bits per heavy atom. The van der Waals surface area contributed by atoms with Crippen molar-refractivity contribution in [2.75, 3.05) is 0 Å².